The zero-order valence-electron chi connectivity index (χ0n) is 16.2. The highest BCUT2D eigenvalue weighted by Gasteiger charge is 2.08. The minimum atomic E-state index is 0.447. The molecule has 3 heterocycles. The molecule has 0 aliphatic carbocycles. The summed E-state index contributed by atoms with van der Waals surface area (Å²) in [6, 6.07) is 2.03. The molecule has 27 heavy (non-hydrogen) atoms. The summed E-state index contributed by atoms with van der Waals surface area (Å²) in [5.74, 6) is 0.962. The second-order valence-corrected chi connectivity index (χ2v) is 6.89. The number of hydrogen-bond acceptors (Lipinski definition) is 6. The van der Waals surface area contributed by atoms with Crippen LogP contribution in [0.1, 0.15) is 24.8 Å². The second kappa shape index (κ2) is 8.68. The van der Waals surface area contributed by atoms with Gasteiger partial charge in [-0.2, -0.15) is 10.2 Å². The number of anilines is 2. The average Bonchev–Trinajstić information content (AvgIpc) is 3.27. The third-order valence-electron chi connectivity index (χ3n) is 4.55. The van der Waals surface area contributed by atoms with E-state index in [2.05, 4.69) is 38.9 Å². The first-order chi connectivity index (χ1) is 13.0. The van der Waals surface area contributed by atoms with Crippen molar-refractivity contribution in [3.05, 3.63) is 42.6 Å². The van der Waals surface area contributed by atoms with Gasteiger partial charge in [0.15, 0.2) is 0 Å². The van der Waals surface area contributed by atoms with Crippen molar-refractivity contribution in [1.82, 2.24) is 29.9 Å². The lowest BCUT2D eigenvalue weighted by Gasteiger charge is -2.12. The van der Waals surface area contributed by atoms with Gasteiger partial charge in [0.05, 0.1) is 18.1 Å². The molecule has 1 atom stereocenters. The van der Waals surface area contributed by atoms with E-state index in [0.29, 0.717) is 11.7 Å². The molecule has 144 valence electrons. The van der Waals surface area contributed by atoms with Gasteiger partial charge in [-0.3, -0.25) is 9.36 Å². The van der Waals surface area contributed by atoms with Crippen molar-refractivity contribution in [3.63, 3.8) is 0 Å². The lowest BCUT2D eigenvalue weighted by Crippen LogP contribution is -2.23. The maximum absolute atomic E-state index is 6.00. The molecule has 0 aliphatic rings. The Morgan fingerprint density at radius 3 is 2.52 bits per heavy atom. The Hall–Kier alpha value is -2.87. The first-order valence-electron chi connectivity index (χ1n) is 9.20. The van der Waals surface area contributed by atoms with E-state index in [0.717, 1.165) is 42.9 Å². The number of nitrogens with two attached hydrogens (primary N) is 1. The molecule has 8 heteroatoms. The highest BCUT2D eigenvalue weighted by atomic mass is 15.2. The van der Waals surface area contributed by atoms with Crippen molar-refractivity contribution in [2.45, 2.75) is 19.3 Å². The Kier molecular flexibility index (Phi) is 6.08. The minimum Gasteiger partial charge on any atom is -0.382 e. The minimum absolute atomic E-state index is 0.447. The number of rotatable bonds is 9. The van der Waals surface area contributed by atoms with Crippen LogP contribution in [-0.2, 0) is 14.1 Å². The molecule has 0 saturated heterocycles. The Morgan fingerprint density at radius 2 is 1.81 bits per heavy atom. The standard InChI is InChI=1S/C19H28N8/c1-14(16-10-24-26(2)12-16)8-21-5-4-6-22-18-7-15(9-23-19(18)20)17-11-25-27(3)13-17/h7,9-14,21-22H,4-6,8H2,1-3H3,(H2,20,23). The second-order valence-electron chi connectivity index (χ2n) is 6.89. The lowest BCUT2D eigenvalue weighted by molar-refractivity contribution is 0.603. The fourth-order valence-electron chi connectivity index (χ4n) is 2.91. The van der Waals surface area contributed by atoms with Crippen LogP contribution in [0.4, 0.5) is 11.5 Å². The zero-order valence-corrected chi connectivity index (χ0v) is 16.2. The average molecular weight is 368 g/mol. The normalized spacial score (nSPS) is 12.3. The summed E-state index contributed by atoms with van der Waals surface area (Å²) in [7, 11) is 3.84. The van der Waals surface area contributed by atoms with Crippen LogP contribution in [-0.4, -0.2) is 44.2 Å². The zero-order chi connectivity index (χ0) is 19.2. The Bertz CT molecular complexity index is 866. The quantitative estimate of drug-likeness (QED) is 0.500. The van der Waals surface area contributed by atoms with Crippen LogP contribution in [0.2, 0.25) is 0 Å². The summed E-state index contributed by atoms with van der Waals surface area (Å²) in [6.45, 7) is 4.91. The van der Waals surface area contributed by atoms with Crippen LogP contribution in [0, 0.1) is 0 Å². The topological polar surface area (TPSA) is 98.6 Å². The number of nitrogens with zero attached hydrogens (tertiary/aromatic N) is 5. The Labute approximate surface area is 159 Å². The molecule has 0 fully saturated rings. The summed E-state index contributed by atoms with van der Waals surface area (Å²) in [5, 5.41) is 15.3. The molecule has 4 N–H and O–H groups in total. The summed E-state index contributed by atoms with van der Waals surface area (Å²) < 4.78 is 3.62. The molecule has 3 aromatic heterocycles. The van der Waals surface area contributed by atoms with E-state index < -0.39 is 0 Å². The van der Waals surface area contributed by atoms with E-state index in [1.54, 1.807) is 10.9 Å². The van der Waals surface area contributed by atoms with Gasteiger partial charge in [0, 0.05) is 56.9 Å². The van der Waals surface area contributed by atoms with Gasteiger partial charge in [0.2, 0.25) is 0 Å². The summed E-state index contributed by atoms with van der Waals surface area (Å²) in [6.07, 6.45) is 10.6. The molecule has 1 unspecified atom stereocenters. The van der Waals surface area contributed by atoms with E-state index in [9.17, 15) is 0 Å². The maximum Gasteiger partial charge on any atom is 0.146 e. The van der Waals surface area contributed by atoms with E-state index in [1.165, 1.54) is 5.56 Å². The Morgan fingerprint density at radius 1 is 1.04 bits per heavy atom. The van der Waals surface area contributed by atoms with Crippen molar-refractivity contribution >= 4 is 11.5 Å². The molecule has 0 radical (unpaired) electrons. The fourth-order valence-corrected chi connectivity index (χ4v) is 2.91. The molecule has 0 aliphatic heterocycles. The molecule has 0 saturated carbocycles. The van der Waals surface area contributed by atoms with Gasteiger partial charge in [0.1, 0.15) is 5.82 Å². The van der Waals surface area contributed by atoms with Crippen LogP contribution >= 0.6 is 0 Å². The van der Waals surface area contributed by atoms with Crippen LogP contribution < -0.4 is 16.4 Å². The number of aryl methyl sites for hydroxylation is 2. The Balaban J connectivity index is 1.42. The molecule has 0 spiro atoms. The molecule has 0 amide bonds. The molecular formula is C19H28N8. The van der Waals surface area contributed by atoms with Crippen LogP contribution in [0.15, 0.2) is 37.1 Å². The molecular weight excluding hydrogens is 340 g/mol. The number of nitrogens with one attached hydrogen (secondary N) is 2. The fraction of sp³-hybridized carbons (Fsp3) is 0.421. The summed E-state index contributed by atoms with van der Waals surface area (Å²) in [4.78, 5) is 4.29. The highest BCUT2D eigenvalue weighted by Crippen LogP contribution is 2.24. The first kappa shape index (κ1) is 18.9. The summed E-state index contributed by atoms with van der Waals surface area (Å²) in [5.41, 5.74) is 10.2. The molecule has 0 aromatic carbocycles. The number of aromatic nitrogens is 5. The van der Waals surface area contributed by atoms with Crippen molar-refractivity contribution in [2.75, 3.05) is 30.7 Å². The third-order valence-corrected chi connectivity index (χ3v) is 4.55. The first-order valence-corrected chi connectivity index (χ1v) is 9.20. The highest BCUT2D eigenvalue weighted by molar-refractivity contribution is 5.72. The monoisotopic (exact) mass is 368 g/mol. The van der Waals surface area contributed by atoms with Crippen LogP contribution in [0.5, 0.6) is 0 Å². The van der Waals surface area contributed by atoms with E-state index in [1.807, 2.05) is 43.4 Å². The van der Waals surface area contributed by atoms with Gasteiger partial charge in [-0.25, -0.2) is 4.98 Å². The van der Waals surface area contributed by atoms with E-state index >= 15 is 0 Å². The van der Waals surface area contributed by atoms with Gasteiger partial charge in [-0.15, -0.1) is 0 Å². The van der Waals surface area contributed by atoms with Gasteiger partial charge in [-0.05, 0) is 30.5 Å². The van der Waals surface area contributed by atoms with Gasteiger partial charge >= 0.3 is 0 Å². The van der Waals surface area contributed by atoms with Crippen molar-refractivity contribution in [3.8, 4) is 11.1 Å². The van der Waals surface area contributed by atoms with Crippen molar-refractivity contribution < 1.29 is 0 Å². The molecule has 3 aromatic rings. The van der Waals surface area contributed by atoms with E-state index in [-0.39, 0.29) is 0 Å². The maximum atomic E-state index is 6.00. The van der Waals surface area contributed by atoms with Crippen LogP contribution in [0.25, 0.3) is 11.1 Å². The van der Waals surface area contributed by atoms with Crippen molar-refractivity contribution in [1.29, 1.82) is 0 Å². The summed E-state index contributed by atoms with van der Waals surface area (Å²) >= 11 is 0. The van der Waals surface area contributed by atoms with Gasteiger partial charge in [0.25, 0.3) is 0 Å². The molecule has 3 rings (SSSR count). The number of nitrogen functional groups attached to an aromatic ring is 1. The largest absolute Gasteiger partial charge is 0.382 e. The number of pyridine rings is 1. The van der Waals surface area contributed by atoms with E-state index in [4.69, 9.17) is 5.73 Å². The van der Waals surface area contributed by atoms with Crippen molar-refractivity contribution in [2.24, 2.45) is 14.1 Å². The predicted molar refractivity (Wildman–Crippen MR) is 108 cm³/mol. The number of hydrogen-bond donors (Lipinski definition) is 3. The lowest BCUT2D eigenvalue weighted by atomic mass is 10.1. The third kappa shape index (κ3) is 5.07. The molecule has 8 nitrogen and oxygen atoms in total. The van der Waals surface area contributed by atoms with Gasteiger partial charge < -0.3 is 16.4 Å². The smallest absolute Gasteiger partial charge is 0.146 e. The van der Waals surface area contributed by atoms with Crippen LogP contribution in [0.3, 0.4) is 0 Å². The van der Waals surface area contributed by atoms with Gasteiger partial charge in [-0.1, -0.05) is 6.92 Å². The predicted octanol–water partition coefficient (Wildman–Crippen LogP) is 1.99. The SMILES string of the molecule is CC(CNCCCNc1cc(-c2cnn(C)c2)cnc1N)c1cnn(C)c1. The molecule has 0 bridgehead atoms.